The van der Waals surface area contributed by atoms with Crippen molar-refractivity contribution in [1.82, 2.24) is 9.99 Å². The highest BCUT2D eigenvalue weighted by Crippen LogP contribution is 2.23. The van der Waals surface area contributed by atoms with E-state index in [-0.39, 0.29) is 5.91 Å². The lowest BCUT2D eigenvalue weighted by Gasteiger charge is -2.07. The van der Waals surface area contributed by atoms with E-state index in [1.165, 1.54) is 6.92 Å². The number of nitrogens with zero attached hydrogens (tertiary/aromatic N) is 2. The SMILES string of the molecule is CC(=O)N/N=C\c1cn(Cc2ccccc2Cl)c2ccccc12. The van der Waals surface area contributed by atoms with Crippen LogP contribution in [0.3, 0.4) is 0 Å². The number of carbonyl (C=O) groups excluding carboxylic acids is 1. The largest absolute Gasteiger partial charge is 0.342 e. The van der Waals surface area contributed by atoms with Crippen LogP contribution < -0.4 is 5.43 Å². The first-order valence-electron chi connectivity index (χ1n) is 7.26. The van der Waals surface area contributed by atoms with E-state index in [9.17, 15) is 4.79 Å². The summed E-state index contributed by atoms with van der Waals surface area (Å²) in [5.41, 5.74) is 5.52. The second kappa shape index (κ2) is 6.67. The summed E-state index contributed by atoms with van der Waals surface area (Å²) in [6.07, 6.45) is 3.67. The van der Waals surface area contributed by atoms with E-state index in [1.54, 1.807) is 6.21 Å². The van der Waals surface area contributed by atoms with Gasteiger partial charge in [-0.2, -0.15) is 5.10 Å². The van der Waals surface area contributed by atoms with Crippen LogP contribution in [0.5, 0.6) is 0 Å². The standard InChI is InChI=1S/C18H16ClN3O/c1-13(23)21-20-10-15-12-22(18-9-5-3-7-16(15)18)11-14-6-2-4-8-17(14)19/h2-10,12H,11H2,1H3,(H,21,23)/b20-10-. The van der Waals surface area contributed by atoms with E-state index in [2.05, 4.69) is 21.2 Å². The minimum atomic E-state index is -0.193. The van der Waals surface area contributed by atoms with Gasteiger partial charge in [0.1, 0.15) is 0 Å². The van der Waals surface area contributed by atoms with Crippen LogP contribution in [0.1, 0.15) is 18.1 Å². The van der Waals surface area contributed by atoms with E-state index < -0.39 is 0 Å². The summed E-state index contributed by atoms with van der Waals surface area (Å²) in [6.45, 7) is 2.10. The minimum Gasteiger partial charge on any atom is -0.342 e. The number of halogens is 1. The molecule has 2 aromatic carbocycles. The average Bonchev–Trinajstić information content (AvgIpc) is 2.88. The van der Waals surface area contributed by atoms with Crippen LogP contribution in [0.25, 0.3) is 10.9 Å². The minimum absolute atomic E-state index is 0.193. The molecule has 3 rings (SSSR count). The molecule has 1 N–H and O–H groups in total. The number of hydrazone groups is 1. The molecule has 116 valence electrons. The Kier molecular flexibility index (Phi) is 4.44. The molecule has 0 saturated heterocycles. The molecule has 1 heterocycles. The first-order chi connectivity index (χ1) is 11.1. The molecule has 0 saturated carbocycles. The predicted octanol–water partition coefficient (Wildman–Crippen LogP) is 3.81. The Labute approximate surface area is 139 Å². The summed E-state index contributed by atoms with van der Waals surface area (Å²) in [7, 11) is 0. The quantitative estimate of drug-likeness (QED) is 0.575. The van der Waals surface area contributed by atoms with Crippen molar-refractivity contribution in [3.63, 3.8) is 0 Å². The number of benzene rings is 2. The van der Waals surface area contributed by atoms with Gasteiger partial charge >= 0.3 is 0 Å². The van der Waals surface area contributed by atoms with Crippen LogP contribution in [-0.2, 0) is 11.3 Å². The van der Waals surface area contributed by atoms with Crippen molar-refractivity contribution in [2.24, 2.45) is 5.10 Å². The molecular weight excluding hydrogens is 310 g/mol. The smallest absolute Gasteiger partial charge is 0.236 e. The number of fused-ring (bicyclic) bond motifs is 1. The Balaban J connectivity index is 1.99. The van der Waals surface area contributed by atoms with Crippen LogP contribution in [0, 0.1) is 0 Å². The summed E-state index contributed by atoms with van der Waals surface area (Å²) in [5.74, 6) is -0.193. The highest BCUT2D eigenvalue weighted by Gasteiger charge is 2.08. The van der Waals surface area contributed by atoms with E-state index in [4.69, 9.17) is 11.6 Å². The summed E-state index contributed by atoms with van der Waals surface area (Å²) in [6, 6.07) is 15.9. The topological polar surface area (TPSA) is 46.4 Å². The average molecular weight is 326 g/mol. The zero-order valence-electron chi connectivity index (χ0n) is 12.7. The first-order valence-corrected chi connectivity index (χ1v) is 7.64. The Hall–Kier alpha value is -2.59. The number of amides is 1. The van der Waals surface area contributed by atoms with Gasteiger partial charge in [-0.05, 0) is 17.7 Å². The number of rotatable bonds is 4. The number of hydrogen-bond donors (Lipinski definition) is 1. The molecule has 0 radical (unpaired) electrons. The number of hydrogen-bond acceptors (Lipinski definition) is 2. The second-order valence-electron chi connectivity index (χ2n) is 5.25. The van der Waals surface area contributed by atoms with E-state index in [0.29, 0.717) is 6.54 Å². The molecule has 3 aromatic rings. The first kappa shape index (κ1) is 15.3. The number of carbonyl (C=O) groups is 1. The molecule has 4 nitrogen and oxygen atoms in total. The zero-order valence-corrected chi connectivity index (χ0v) is 13.4. The third kappa shape index (κ3) is 3.43. The molecule has 0 unspecified atom stereocenters. The molecule has 0 fully saturated rings. The lowest BCUT2D eigenvalue weighted by atomic mass is 10.2. The van der Waals surface area contributed by atoms with Crippen molar-refractivity contribution in [1.29, 1.82) is 0 Å². The molecule has 1 aromatic heterocycles. The highest BCUT2D eigenvalue weighted by atomic mass is 35.5. The summed E-state index contributed by atoms with van der Waals surface area (Å²) in [4.78, 5) is 10.9. The fourth-order valence-corrected chi connectivity index (χ4v) is 2.71. The molecular formula is C18H16ClN3O. The van der Waals surface area contributed by atoms with Crippen LogP contribution in [0.2, 0.25) is 5.02 Å². The number of aromatic nitrogens is 1. The second-order valence-corrected chi connectivity index (χ2v) is 5.65. The Bertz CT molecular complexity index is 883. The van der Waals surface area contributed by atoms with Crippen molar-refractivity contribution < 1.29 is 4.79 Å². The van der Waals surface area contributed by atoms with Gasteiger partial charge in [-0.25, -0.2) is 5.43 Å². The Morgan fingerprint density at radius 3 is 2.74 bits per heavy atom. The fourth-order valence-electron chi connectivity index (χ4n) is 2.51. The van der Waals surface area contributed by atoms with E-state index >= 15 is 0 Å². The van der Waals surface area contributed by atoms with Gasteiger partial charge in [0.2, 0.25) is 5.91 Å². The maximum Gasteiger partial charge on any atom is 0.236 e. The van der Waals surface area contributed by atoms with Crippen molar-refractivity contribution in [2.75, 3.05) is 0 Å². The van der Waals surface area contributed by atoms with Crippen molar-refractivity contribution >= 4 is 34.6 Å². The molecule has 0 aliphatic carbocycles. The van der Waals surface area contributed by atoms with Crippen LogP contribution in [0.4, 0.5) is 0 Å². The summed E-state index contributed by atoms with van der Waals surface area (Å²) < 4.78 is 2.13. The molecule has 1 amide bonds. The van der Waals surface area contributed by atoms with Crippen LogP contribution in [0.15, 0.2) is 59.8 Å². The molecule has 0 bridgehead atoms. The maximum absolute atomic E-state index is 10.9. The van der Waals surface area contributed by atoms with Gasteiger partial charge < -0.3 is 4.57 Å². The van der Waals surface area contributed by atoms with Crippen LogP contribution in [-0.4, -0.2) is 16.7 Å². The Morgan fingerprint density at radius 1 is 1.22 bits per heavy atom. The lowest BCUT2D eigenvalue weighted by Crippen LogP contribution is -2.12. The molecule has 0 atom stereocenters. The van der Waals surface area contributed by atoms with Crippen molar-refractivity contribution in [2.45, 2.75) is 13.5 Å². The fraction of sp³-hybridized carbons (Fsp3) is 0.111. The molecule has 0 spiro atoms. The van der Waals surface area contributed by atoms with Gasteiger partial charge in [-0.3, -0.25) is 4.79 Å². The van der Waals surface area contributed by atoms with E-state index in [0.717, 1.165) is 27.1 Å². The number of para-hydroxylation sites is 1. The van der Waals surface area contributed by atoms with Crippen LogP contribution >= 0.6 is 11.6 Å². The lowest BCUT2D eigenvalue weighted by molar-refractivity contribution is -0.118. The Morgan fingerprint density at radius 2 is 1.96 bits per heavy atom. The third-order valence-electron chi connectivity index (χ3n) is 3.54. The maximum atomic E-state index is 10.9. The normalized spacial score (nSPS) is 11.2. The predicted molar refractivity (Wildman–Crippen MR) is 93.9 cm³/mol. The van der Waals surface area contributed by atoms with Gasteiger partial charge in [-0.1, -0.05) is 48.0 Å². The van der Waals surface area contributed by atoms with Gasteiger partial charge in [0.05, 0.1) is 6.21 Å². The van der Waals surface area contributed by atoms with Gasteiger partial charge in [-0.15, -0.1) is 0 Å². The van der Waals surface area contributed by atoms with Gasteiger partial charge in [0.25, 0.3) is 0 Å². The highest BCUT2D eigenvalue weighted by molar-refractivity contribution is 6.31. The monoisotopic (exact) mass is 325 g/mol. The molecule has 23 heavy (non-hydrogen) atoms. The van der Waals surface area contributed by atoms with Crippen molar-refractivity contribution in [3.05, 3.63) is 70.9 Å². The number of nitrogens with one attached hydrogen (secondary N) is 1. The van der Waals surface area contributed by atoms with Gasteiger partial charge in [0.15, 0.2) is 0 Å². The molecule has 5 heteroatoms. The molecule has 0 aliphatic rings. The summed E-state index contributed by atoms with van der Waals surface area (Å²) in [5, 5.41) is 5.79. The third-order valence-corrected chi connectivity index (χ3v) is 3.91. The van der Waals surface area contributed by atoms with E-state index in [1.807, 2.05) is 48.7 Å². The van der Waals surface area contributed by atoms with Gasteiger partial charge in [0, 0.05) is 41.2 Å². The van der Waals surface area contributed by atoms with Crippen molar-refractivity contribution in [3.8, 4) is 0 Å². The summed E-state index contributed by atoms with van der Waals surface area (Å²) >= 11 is 6.26. The zero-order chi connectivity index (χ0) is 16.2. The molecule has 0 aliphatic heterocycles.